The average molecular weight is 318 g/mol. The van der Waals surface area contributed by atoms with Crippen molar-refractivity contribution in [2.24, 2.45) is 5.92 Å². The van der Waals surface area contributed by atoms with Crippen molar-refractivity contribution in [2.45, 2.75) is 30.5 Å². The van der Waals surface area contributed by atoms with Crippen LogP contribution < -0.4 is 0 Å². The van der Waals surface area contributed by atoms with Gasteiger partial charge in [-0.2, -0.15) is 0 Å². The van der Waals surface area contributed by atoms with Gasteiger partial charge < -0.3 is 0 Å². The zero-order valence-electron chi connectivity index (χ0n) is 8.05. The Kier molecular flexibility index (Phi) is 3.67. The van der Waals surface area contributed by atoms with Gasteiger partial charge in [-0.25, -0.2) is 0 Å². The number of alkyl halides is 1. The summed E-state index contributed by atoms with van der Waals surface area (Å²) < 4.78 is 1.17. The van der Waals surface area contributed by atoms with E-state index in [-0.39, 0.29) is 0 Å². The molecule has 0 spiro atoms. The first-order valence-electron chi connectivity index (χ1n) is 5.12. The maximum absolute atomic E-state index is 3.70. The lowest BCUT2D eigenvalue weighted by atomic mass is 9.98. The Labute approximate surface area is 102 Å². The summed E-state index contributed by atoms with van der Waals surface area (Å²) in [6.45, 7) is 0. The van der Waals surface area contributed by atoms with Gasteiger partial charge in [-0.3, -0.25) is 0 Å². The number of rotatable bonds is 2. The third kappa shape index (κ3) is 2.83. The van der Waals surface area contributed by atoms with E-state index in [4.69, 9.17) is 0 Å². The second-order valence-electron chi connectivity index (χ2n) is 4.11. The number of benzene rings is 1. The molecule has 2 unspecified atom stereocenters. The highest BCUT2D eigenvalue weighted by molar-refractivity contribution is 9.10. The van der Waals surface area contributed by atoms with Crippen LogP contribution in [0.5, 0.6) is 0 Å². The van der Waals surface area contributed by atoms with Gasteiger partial charge in [0.2, 0.25) is 0 Å². The van der Waals surface area contributed by atoms with E-state index in [9.17, 15) is 0 Å². The zero-order chi connectivity index (χ0) is 9.97. The van der Waals surface area contributed by atoms with Crippen LogP contribution in [0.25, 0.3) is 0 Å². The molecular formula is C12H14Br2. The van der Waals surface area contributed by atoms with E-state index in [2.05, 4.69) is 56.1 Å². The Morgan fingerprint density at radius 1 is 1.14 bits per heavy atom. The highest BCUT2D eigenvalue weighted by Gasteiger charge is 2.22. The average Bonchev–Trinajstić information content (AvgIpc) is 2.56. The predicted octanol–water partition coefficient (Wildman–Crippen LogP) is 4.56. The van der Waals surface area contributed by atoms with Crippen LogP contribution in [0.4, 0.5) is 0 Å². The molecule has 0 bridgehead atoms. The topological polar surface area (TPSA) is 0 Å². The first-order chi connectivity index (χ1) is 6.74. The predicted molar refractivity (Wildman–Crippen MR) is 67.9 cm³/mol. The SMILES string of the molecule is Brc1ccc(CC2CCC(Br)C2)cc1. The molecule has 76 valence electrons. The van der Waals surface area contributed by atoms with E-state index in [1.807, 2.05) is 0 Å². The molecule has 0 nitrogen and oxygen atoms in total. The maximum Gasteiger partial charge on any atom is 0.0175 e. The van der Waals surface area contributed by atoms with Crippen LogP contribution in [0, 0.1) is 5.92 Å². The molecule has 1 aliphatic carbocycles. The fraction of sp³-hybridized carbons (Fsp3) is 0.500. The van der Waals surface area contributed by atoms with Gasteiger partial charge in [-0.1, -0.05) is 44.0 Å². The van der Waals surface area contributed by atoms with E-state index in [1.165, 1.54) is 35.7 Å². The van der Waals surface area contributed by atoms with Crippen molar-refractivity contribution in [3.05, 3.63) is 34.3 Å². The van der Waals surface area contributed by atoms with E-state index < -0.39 is 0 Å². The third-order valence-electron chi connectivity index (χ3n) is 2.91. The minimum absolute atomic E-state index is 0.767. The molecule has 2 rings (SSSR count). The Bertz CT molecular complexity index is 292. The molecule has 1 aromatic rings. The molecular weight excluding hydrogens is 304 g/mol. The smallest absolute Gasteiger partial charge is 0.0175 e. The summed E-state index contributed by atoms with van der Waals surface area (Å²) in [5, 5.41) is 0. The molecule has 2 atom stereocenters. The maximum atomic E-state index is 3.70. The monoisotopic (exact) mass is 316 g/mol. The van der Waals surface area contributed by atoms with Crippen LogP contribution in [0.2, 0.25) is 0 Å². The van der Waals surface area contributed by atoms with Crippen molar-refractivity contribution < 1.29 is 0 Å². The number of halogens is 2. The van der Waals surface area contributed by atoms with Crippen LogP contribution >= 0.6 is 31.9 Å². The van der Waals surface area contributed by atoms with Crippen molar-refractivity contribution in [3.8, 4) is 0 Å². The summed E-state index contributed by atoms with van der Waals surface area (Å²) in [6.07, 6.45) is 5.32. The molecule has 14 heavy (non-hydrogen) atoms. The van der Waals surface area contributed by atoms with Crippen LogP contribution in [0.15, 0.2) is 28.7 Å². The lowest BCUT2D eigenvalue weighted by molar-refractivity contribution is 0.548. The Morgan fingerprint density at radius 3 is 2.43 bits per heavy atom. The Morgan fingerprint density at radius 2 is 1.86 bits per heavy atom. The van der Waals surface area contributed by atoms with Gasteiger partial charge in [0.1, 0.15) is 0 Å². The fourth-order valence-electron chi connectivity index (χ4n) is 2.15. The van der Waals surface area contributed by atoms with Gasteiger partial charge >= 0.3 is 0 Å². The fourth-order valence-corrected chi connectivity index (χ4v) is 3.21. The van der Waals surface area contributed by atoms with Crippen molar-refractivity contribution in [1.82, 2.24) is 0 Å². The summed E-state index contributed by atoms with van der Waals surface area (Å²) in [5.41, 5.74) is 1.47. The number of hydrogen-bond acceptors (Lipinski definition) is 0. The van der Waals surface area contributed by atoms with E-state index in [0.717, 1.165) is 10.7 Å². The van der Waals surface area contributed by atoms with Gasteiger partial charge in [0.05, 0.1) is 0 Å². The van der Waals surface area contributed by atoms with Gasteiger partial charge in [0, 0.05) is 9.30 Å². The van der Waals surface area contributed by atoms with E-state index in [1.54, 1.807) is 0 Å². The quantitative estimate of drug-likeness (QED) is 0.702. The van der Waals surface area contributed by atoms with E-state index >= 15 is 0 Å². The van der Waals surface area contributed by atoms with Gasteiger partial charge in [-0.15, -0.1) is 0 Å². The first-order valence-corrected chi connectivity index (χ1v) is 6.83. The van der Waals surface area contributed by atoms with Crippen LogP contribution in [0.3, 0.4) is 0 Å². The summed E-state index contributed by atoms with van der Waals surface area (Å²) in [4.78, 5) is 0.767. The van der Waals surface area contributed by atoms with E-state index in [0.29, 0.717) is 0 Å². The summed E-state index contributed by atoms with van der Waals surface area (Å²) in [7, 11) is 0. The Balaban J connectivity index is 1.94. The number of hydrogen-bond donors (Lipinski definition) is 0. The van der Waals surface area contributed by atoms with Crippen LogP contribution in [0.1, 0.15) is 24.8 Å². The largest absolute Gasteiger partial charge is 0.0891 e. The summed E-state index contributed by atoms with van der Waals surface area (Å²) >= 11 is 7.16. The molecule has 1 saturated carbocycles. The highest BCUT2D eigenvalue weighted by atomic mass is 79.9. The molecule has 2 heteroatoms. The molecule has 1 aromatic carbocycles. The third-order valence-corrected chi connectivity index (χ3v) is 4.28. The Hall–Kier alpha value is 0.180. The first kappa shape index (κ1) is 10.7. The van der Waals surface area contributed by atoms with Crippen molar-refractivity contribution >= 4 is 31.9 Å². The van der Waals surface area contributed by atoms with Gasteiger partial charge in [-0.05, 0) is 49.3 Å². The van der Waals surface area contributed by atoms with Crippen molar-refractivity contribution in [1.29, 1.82) is 0 Å². The van der Waals surface area contributed by atoms with Crippen molar-refractivity contribution in [3.63, 3.8) is 0 Å². The van der Waals surface area contributed by atoms with Gasteiger partial charge in [0.25, 0.3) is 0 Å². The standard InChI is InChI=1S/C12H14Br2/c13-11-4-1-9(2-5-11)7-10-3-6-12(14)8-10/h1-2,4-5,10,12H,3,6-8H2. The minimum Gasteiger partial charge on any atom is -0.0891 e. The summed E-state index contributed by atoms with van der Waals surface area (Å²) in [6, 6.07) is 8.73. The van der Waals surface area contributed by atoms with Gasteiger partial charge in [0.15, 0.2) is 0 Å². The molecule has 0 saturated heterocycles. The molecule has 0 radical (unpaired) electrons. The molecule has 0 amide bonds. The lowest BCUT2D eigenvalue weighted by Gasteiger charge is -2.08. The lowest BCUT2D eigenvalue weighted by Crippen LogP contribution is -1.99. The summed E-state index contributed by atoms with van der Waals surface area (Å²) in [5.74, 6) is 0.889. The molecule has 1 fully saturated rings. The van der Waals surface area contributed by atoms with Crippen LogP contribution in [-0.4, -0.2) is 4.83 Å². The molecule has 0 heterocycles. The molecule has 0 aromatic heterocycles. The second-order valence-corrected chi connectivity index (χ2v) is 6.32. The van der Waals surface area contributed by atoms with Crippen LogP contribution in [-0.2, 0) is 6.42 Å². The molecule has 0 aliphatic heterocycles. The molecule has 1 aliphatic rings. The second kappa shape index (κ2) is 4.80. The molecule has 0 N–H and O–H groups in total. The zero-order valence-corrected chi connectivity index (χ0v) is 11.2. The normalized spacial score (nSPS) is 26.7. The minimum atomic E-state index is 0.767. The van der Waals surface area contributed by atoms with Crippen molar-refractivity contribution in [2.75, 3.05) is 0 Å². The highest BCUT2D eigenvalue weighted by Crippen LogP contribution is 2.33.